The van der Waals surface area contributed by atoms with Crippen molar-refractivity contribution >= 4 is 12.1 Å². The highest BCUT2D eigenvalue weighted by Gasteiger charge is 2.18. The highest BCUT2D eigenvalue weighted by atomic mass is 16.6. The number of nitrogens with zero attached hydrogens (tertiary/aromatic N) is 1. The van der Waals surface area contributed by atoms with Crippen molar-refractivity contribution < 1.29 is 24.2 Å². The molecule has 96 valence electrons. The van der Waals surface area contributed by atoms with Crippen molar-refractivity contribution in [2.75, 3.05) is 26.3 Å². The third-order valence-electron chi connectivity index (χ3n) is 2.58. The number of hydrogen-bond donors (Lipinski definition) is 1. The number of carbonyl (C=O) groups excluding carboxylic acids is 1. The van der Waals surface area contributed by atoms with Gasteiger partial charge in [-0.05, 0) is 24.3 Å². The summed E-state index contributed by atoms with van der Waals surface area (Å²) in [5, 5.41) is 8.73. The van der Waals surface area contributed by atoms with E-state index in [2.05, 4.69) is 0 Å². The fraction of sp³-hybridized carbons (Fsp3) is 0.333. The van der Waals surface area contributed by atoms with Gasteiger partial charge in [-0.1, -0.05) is 0 Å². The number of benzene rings is 1. The molecule has 6 heteroatoms. The molecule has 6 nitrogen and oxygen atoms in total. The molecular formula is C12H13NO5. The zero-order valence-corrected chi connectivity index (χ0v) is 9.67. The van der Waals surface area contributed by atoms with Gasteiger partial charge in [0.2, 0.25) is 0 Å². The third kappa shape index (κ3) is 2.98. The van der Waals surface area contributed by atoms with E-state index in [-0.39, 0.29) is 5.56 Å². The molecule has 0 saturated carbocycles. The van der Waals surface area contributed by atoms with Gasteiger partial charge in [-0.3, -0.25) is 0 Å². The summed E-state index contributed by atoms with van der Waals surface area (Å²) in [6.45, 7) is 2.03. The Morgan fingerprint density at radius 2 is 1.78 bits per heavy atom. The van der Waals surface area contributed by atoms with E-state index in [0.717, 1.165) is 0 Å². The summed E-state index contributed by atoms with van der Waals surface area (Å²) in [6.07, 6.45) is -0.443. The monoisotopic (exact) mass is 251 g/mol. The largest absolute Gasteiger partial charge is 0.478 e. The molecule has 1 heterocycles. The molecule has 0 unspecified atom stereocenters. The van der Waals surface area contributed by atoms with E-state index >= 15 is 0 Å². The Bertz CT molecular complexity index is 436. The first-order chi connectivity index (χ1) is 8.66. The Balaban J connectivity index is 1.96. The van der Waals surface area contributed by atoms with Gasteiger partial charge in [0.05, 0.1) is 18.8 Å². The molecule has 2 rings (SSSR count). The van der Waals surface area contributed by atoms with Gasteiger partial charge in [-0.25, -0.2) is 9.59 Å². The molecule has 0 radical (unpaired) electrons. The summed E-state index contributed by atoms with van der Waals surface area (Å²) in [7, 11) is 0. The minimum absolute atomic E-state index is 0.154. The van der Waals surface area contributed by atoms with E-state index in [1.165, 1.54) is 24.3 Å². The second kappa shape index (κ2) is 5.50. The normalized spacial score (nSPS) is 15.2. The molecule has 1 N–H and O–H groups in total. The lowest BCUT2D eigenvalue weighted by atomic mass is 10.2. The Kier molecular flexibility index (Phi) is 3.78. The van der Waals surface area contributed by atoms with Crippen LogP contribution < -0.4 is 4.74 Å². The van der Waals surface area contributed by atoms with Crippen molar-refractivity contribution in [2.45, 2.75) is 0 Å². The van der Waals surface area contributed by atoms with Crippen molar-refractivity contribution in [1.29, 1.82) is 0 Å². The van der Waals surface area contributed by atoms with Crippen LogP contribution in [0.25, 0.3) is 0 Å². The van der Waals surface area contributed by atoms with E-state index in [9.17, 15) is 9.59 Å². The van der Waals surface area contributed by atoms with Gasteiger partial charge in [0.25, 0.3) is 0 Å². The first-order valence-electron chi connectivity index (χ1n) is 5.54. The van der Waals surface area contributed by atoms with Crippen molar-refractivity contribution in [2.24, 2.45) is 0 Å². The summed E-state index contributed by atoms with van der Waals surface area (Å²) in [5.74, 6) is -0.683. The number of carboxylic acids is 1. The van der Waals surface area contributed by atoms with Crippen LogP contribution in [0, 0.1) is 0 Å². The Morgan fingerprint density at radius 1 is 1.17 bits per heavy atom. The average Bonchev–Trinajstić information content (AvgIpc) is 2.40. The first-order valence-corrected chi connectivity index (χ1v) is 5.54. The van der Waals surface area contributed by atoms with E-state index in [4.69, 9.17) is 14.6 Å². The van der Waals surface area contributed by atoms with Crippen LogP contribution >= 0.6 is 0 Å². The number of carbonyl (C=O) groups is 2. The molecule has 1 fully saturated rings. The fourth-order valence-electron chi connectivity index (χ4n) is 1.58. The van der Waals surface area contributed by atoms with Crippen molar-refractivity contribution in [3.8, 4) is 5.75 Å². The molecule has 1 aliphatic heterocycles. The van der Waals surface area contributed by atoms with Crippen LogP contribution in [0.2, 0.25) is 0 Å². The molecule has 18 heavy (non-hydrogen) atoms. The van der Waals surface area contributed by atoms with Crippen molar-refractivity contribution in [3.63, 3.8) is 0 Å². The Labute approximate surface area is 104 Å². The predicted molar refractivity (Wildman–Crippen MR) is 61.8 cm³/mol. The second-order valence-electron chi connectivity index (χ2n) is 3.80. The van der Waals surface area contributed by atoms with Crippen molar-refractivity contribution in [1.82, 2.24) is 4.90 Å². The SMILES string of the molecule is O=C(O)c1ccc(OC(=O)N2CCOCC2)cc1. The molecule has 0 aliphatic carbocycles. The Hall–Kier alpha value is -2.08. The molecule has 1 saturated heterocycles. The van der Waals surface area contributed by atoms with Crippen molar-refractivity contribution in [3.05, 3.63) is 29.8 Å². The molecule has 1 amide bonds. The molecule has 1 aliphatic rings. The fourth-order valence-corrected chi connectivity index (χ4v) is 1.58. The van der Waals surface area contributed by atoms with Crippen LogP contribution in [0.5, 0.6) is 5.75 Å². The number of aromatic carboxylic acids is 1. The van der Waals surface area contributed by atoms with Crippen LogP contribution in [0.15, 0.2) is 24.3 Å². The third-order valence-corrected chi connectivity index (χ3v) is 2.58. The number of morpholine rings is 1. The summed E-state index contributed by atoms with van der Waals surface area (Å²) in [6, 6.07) is 5.71. The number of hydrogen-bond acceptors (Lipinski definition) is 4. The van der Waals surface area contributed by atoms with Crippen LogP contribution in [-0.4, -0.2) is 48.4 Å². The van der Waals surface area contributed by atoms with Crippen LogP contribution in [0.1, 0.15) is 10.4 Å². The number of rotatable bonds is 2. The predicted octanol–water partition coefficient (Wildman–Crippen LogP) is 1.22. The van der Waals surface area contributed by atoms with Gasteiger partial charge in [0.15, 0.2) is 0 Å². The molecule has 0 atom stereocenters. The average molecular weight is 251 g/mol. The molecule has 0 bridgehead atoms. The standard InChI is InChI=1S/C12H13NO5/c14-11(15)9-1-3-10(4-2-9)18-12(16)13-5-7-17-8-6-13/h1-4H,5-8H2,(H,14,15). The maximum Gasteiger partial charge on any atom is 0.415 e. The topological polar surface area (TPSA) is 76.1 Å². The zero-order chi connectivity index (χ0) is 13.0. The molecule has 0 aromatic heterocycles. The molecule has 1 aromatic carbocycles. The summed E-state index contributed by atoms with van der Waals surface area (Å²) >= 11 is 0. The molecule has 1 aromatic rings. The lowest BCUT2D eigenvalue weighted by molar-refractivity contribution is 0.0416. The summed E-state index contributed by atoms with van der Waals surface area (Å²) in [5.41, 5.74) is 0.154. The van der Waals surface area contributed by atoms with Gasteiger partial charge in [0, 0.05) is 13.1 Å². The second-order valence-corrected chi connectivity index (χ2v) is 3.80. The quantitative estimate of drug-likeness (QED) is 0.855. The zero-order valence-electron chi connectivity index (χ0n) is 9.67. The van der Waals surface area contributed by atoms with Crippen LogP contribution in [0.4, 0.5) is 4.79 Å². The van der Waals surface area contributed by atoms with Gasteiger partial charge < -0.3 is 19.5 Å². The van der Waals surface area contributed by atoms with E-state index in [1.807, 2.05) is 0 Å². The maximum atomic E-state index is 11.7. The number of carboxylic acid groups (broad SMARTS) is 1. The smallest absolute Gasteiger partial charge is 0.415 e. The maximum absolute atomic E-state index is 11.7. The van der Waals surface area contributed by atoms with Gasteiger partial charge in [0.1, 0.15) is 5.75 Å². The summed E-state index contributed by atoms with van der Waals surface area (Å²) < 4.78 is 10.3. The highest BCUT2D eigenvalue weighted by molar-refractivity contribution is 5.87. The molecular weight excluding hydrogens is 238 g/mol. The summed E-state index contributed by atoms with van der Waals surface area (Å²) in [4.78, 5) is 23.9. The van der Waals surface area contributed by atoms with E-state index in [1.54, 1.807) is 4.90 Å². The van der Waals surface area contributed by atoms with Crippen LogP contribution in [-0.2, 0) is 4.74 Å². The first kappa shape index (κ1) is 12.4. The minimum atomic E-state index is -1.01. The van der Waals surface area contributed by atoms with Gasteiger partial charge in [-0.15, -0.1) is 0 Å². The van der Waals surface area contributed by atoms with E-state index < -0.39 is 12.1 Å². The Morgan fingerprint density at radius 3 is 2.33 bits per heavy atom. The lowest BCUT2D eigenvalue weighted by Crippen LogP contribution is -2.42. The number of ether oxygens (including phenoxy) is 2. The highest BCUT2D eigenvalue weighted by Crippen LogP contribution is 2.14. The molecule has 0 spiro atoms. The minimum Gasteiger partial charge on any atom is -0.478 e. The van der Waals surface area contributed by atoms with Crippen LogP contribution in [0.3, 0.4) is 0 Å². The van der Waals surface area contributed by atoms with Gasteiger partial charge >= 0.3 is 12.1 Å². The van der Waals surface area contributed by atoms with E-state index in [0.29, 0.717) is 32.1 Å². The number of amides is 1. The van der Waals surface area contributed by atoms with Gasteiger partial charge in [-0.2, -0.15) is 0 Å². The lowest BCUT2D eigenvalue weighted by Gasteiger charge is -2.25.